The first kappa shape index (κ1) is 21.6. The number of aliphatic hydroxyl groups is 1. The molecule has 34 heavy (non-hydrogen) atoms. The van der Waals surface area contributed by atoms with E-state index >= 15 is 0 Å². The highest BCUT2D eigenvalue weighted by Crippen LogP contribution is 2.45. The number of anilines is 1. The van der Waals surface area contributed by atoms with Crippen molar-refractivity contribution in [3.63, 3.8) is 0 Å². The van der Waals surface area contributed by atoms with Gasteiger partial charge >= 0.3 is 0 Å². The molecule has 1 amide bonds. The summed E-state index contributed by atoms with van der Waals surface area (Å²) in [4.78, 5) is 28.1. The van der Waals surface area contributed by atoms with Crippen molar-refractivity contribution in [2.45, 2.75) is 19.4 Å². The molecule has 2 aliphatic heterocycles. The summed E-state index contributed by atoms with van der Waals surface area (Å²) in [5, 5.41) is 11.3. The van der Waals surface area contributed by atoms with Gasteiger partial charge in [-0.2, -0.15) is 0 Å². The second-order valence-corrected chi connectivity index (χ2v) is 8.00. The Bertz CT molecular complexity index is 1310. The summed E-state index contributed by atoms with van der Waals surface area (Å²) in [6.07, 6.45) is 0.846. The molecule has 3 aromatic rings. The molecule has 1 saturated heterocycles. The van der Waals surface area contributed by atoms with Crippen LogP contribution >= 0.6 is 0 Å². The van der Waals surface area contributed by atoms with Gasteiger partial charge in [-0.3, -0.25) is 14.5 Å². The summed E-state index contributed by atoms with van der Waals surface area (Å²) in [5.74, 6) is -0.272. The van der Waals surface area contributed by atoms with E-state index in [4.69, 9.17) is 14.2 Å². The maximum Gasteiger partial charge on any atom is 0.300 e. The zero-order valence-corrected chi connectivity index (χ0v) is 18.8. The number of carbonyl (C=O) groups excluding carboxylic acids is 2. The smallest absolute Gasteiger partial charge is 0.300 e. The third-order valence-electron chi connectivity index (χ3n) is 6.15. The number of hydrogen-bond acceptors (Lipinski definition) is 6. The van der Waals surface area contributed by atoms with Crippen LogP contribution in [0.1, 0.15) is 29.7 Å². The number of fused-ring (bicyclic) bond motifs is 1. The molecule has 7 heteroatoms. The van der Waals surface area contributed by atoms with Crippen LogP contribution in [0.3, 0.4) is 0 Å². The van der Waals surface area contributed by atoms with E-state index in [0.29, 0.717) is 34.1 Å². The number of ether oxygens (including phenoxy) is 3. The molecule has 0 bridgehead atoms. The number of methoxy groups -OCH3 is 1. The van der Waals surface area contributed by atoms with E-state index in [1.807, 2.05) is 37.3 Å². The Morgan fingerprint density at radius 2 is 1.76 bits per heavy atom. The van der Waals surface area contributed by atoms with Crippen molar-refractivity contribution in [3.8, 4) is 17.2 Å². The molecule has 172 valence electrons. The molecule has 1 unspecified atom stereocenters. The van der Waals surface area contributed by atoms with Crippen LogP contribution in [0.2, 0.25) is 0 Å². The lowest BCUT2D eigenvalue weighted by Crippen LogP contribution is -2.29. The van der Waals surface area contributed by atoms with E-state index < -0.39 is 17.7 Å². The Labute approximate surface area is 196 Å². The van der Waals surface area contributed by atoms with Crippen LogP contribution in [0, 0.1) is 0 Å². The van der Waals surface area contributed by atoms with Gasteiger partial charge in [0.2, 0.25) is 6.79 Å². The Kier molecular flexibility index (Phi) is 5.45. The minimum absolute atomic E-state index is 0.0204. The Morgan fingerprint density at radius 3 is 2.50 bits per heavy atom. The van der Waals surface area contributed by atoms with Crippen LogP contribution in [0.5, 0.6) is 17.2 Å². The highest BCUT2D eigenvalue weighted by Gasteiger charge is 2.48. The summed E-state index contributed by atoms with van der Waals surface area (Å²) >= 11 is 0. The van der Waals surface area contributed by atoms with Crippen LogP contribution in [-0.4, -0.2) is 30.7 Å². The third-order valence-corrected chi connectivity index (χ3v) is 6.15. The topological polar surface area (TPSA) is 85.3 Å². The first-order valence-corrected chi connectivity index (χ1v) is 11.0. The molecule has 1 atom stereocenters. The number of para-hydroxylation sites is 1. The molecule has 7 nitrogen and oxygen atoms in total. The highest BCUT2D eigenvalue weighted by molar-refractivity contribution is 6.51. The number of Topliss-reactive ketones (excluding diaryl/α,β-unsaturated/α-hetero) is 1. The predicted molar refractivity (Wildman–Crippen MR) is 126 cm³/mol. The lowest BCUT2D eigenvalue weighted by molar-refractivity contribution is -0.132. The molecule has 0 radical (unpaired) electrons. The van der Waals surface area contributed by atoms with Gasteiger partial charge in [-0.25, -0.2) is 0 Å². The summed E-state index contributed by atoms with van der Waals surface area (Å²) in [6.45, 7) is 2.13. The molecular weight excluding hydrogens is 434 g/mol. The number of carbonyl (C=O) groups is 2. The molecule has 0 aliphatic carbocycles. The second kappa shape index (κ2) is 8.59. The van der Waals surface area contributed by atoms with Gasteiger partial charge in [0, 0.05) is 16.8 Å². The Hall–Kier alpha value is -4.26. The van der Waals surface area contributed by atoms with Gasteiger partial charge in [-0.1, -0.05) is 37.3 Å². The summed E-state index contributed by atoms with van der Waals surface area (Å²) in [6, 6.07) is 18.6. The van der Waals surface area contributed by atoms with E-state index in [1.165, 1.54) is 12.0 Å². The Balaban J connectivity index is 1.71. The van der Waals surface area contributed by atoms with Crippen LogP contribution in [0.15, 0.2) is 72.3 Å². The number of rotatable bonds is 5. The summed E-state index contributed by atoms with van der Waals surface area (Å²) in [5.41, 5.74) is 2.58. The molecule has 5 rings (SSSR count). The molecule has 0 spiro atoms. The standard InChI is InChI=1S/C27H23NO6/c1-3-16-8-11-18(12-9-16)28-24(19-6-4-5-7-20(19)32-2)23(26(30)27(28)31)25(29)17-10-13-21-22(14-17)34-15-33-21/h4-14,24,29H,3,15H2,1-2H3/b25-23+. The van der Waals surface area contributed by atoms with Gasteiger partial charge in [0.1, 0.15) is 11.5 Å². The fourth-order valence-electron chi connectivity index (χ4n) is 4.38. The highest BCUT2D eigenvalue weighted by atomic mass is 16.7. The number of nitrogens with zero attached hydrogens (tertiary/aromatic N) is 1. The quantitative estimate of drug-likeness (QED) is 0.342. The number of amides is 1. The monoisotopic (exact) mass is 457 g/mol. The zero-order valence-electron chi connectivity index (χ0n) is 18.8. The van der Waals surface area contributed by atoms with Crippen molar-refractivity contribution in [3.05, 3.63) is 89.0 Å². The minimum Gasteiger partial charge on any atom is -0.507 e. The number of aryl methyl sites for hydroxylation is 1. The molecule has 1 N–H and O–H groups in total. The van der Waals surface area contributed by atoms with Crippen molar-refractivity contribution in [1.82, 2.24) is 0 Å². The predicted octanol–water partition coefficient (Wildman–Crippen LogP) is 4.61. The summed E-state index contributed by atoms with van der Waals surface area (Å²) < 4.78 is 16.3. The average Bonchev–Trinajstić information content (AvgIpc) is 3.45. The molecule has 3 aromatic carbocycles. The fourth-order valence-corrected chi connectivity index (χ4v) is 4.38. The third kappa shape index (κ3) is 3.46. The van der Waals surface area contributed by atoms with Crippen molar-refractivity contribution >= 4 is 23.1 Å². The van der Waals surface area contributed by atoms with Gasteiger partial charge in [-0.05, 0) is 48.4 Å². The van der Waals surface area contributed by atoms with Crippen molar-refractivity contribution in [1.29, 1.82) is 0 Å². The second-order valence-electron chi connectivity index (χ2n) is 8.00. The van der Waals surface area contributed by atoms with Gasteiger partial charge in [0.05, 0.1) is 18.7 Å². The van der Waals surface area contributed by atoms with Crippen LogP contribution in [0.4, 0.5) is 5.69 Å². The summed E-state index contributed by atoms with van der Waals surface area (Å²) in [7, 11) is 1.53. The van der Waals surface area contributed by atoms with E-state index in [0.717, 1.165) is 12.0 Å². The molecule has 2 aliphatic rings. The molecule has 2 heterocycles. The van der Waals surface area contributed by atoms with Crippen LogP contribution in [0.25, 0.3) is 5.76 Å². The number of ketones is 1. The molecular formula is C27H23NO6. The first-order chi connectivity index (χ1) is 16.5. The van der Waals surface area contributed by atoms with Crippen molar-refractivity contribution in [2.75, 3.05) is 18.8 Å². The number of hydrogen-bond donors (Lipinski definition) is 1. The minimum atomic E-state index is -0.881. The normalized spacial score (nSPS) is 18.4. The SMILES string of the molecule is CCc1ccc(N2C(=O)C(=O)/C(=C(/O)c3ccc4c(c3)OCO4)C2c2ccccc2OC)cc1. The van der Waals surface area contributed by atoms with Crippen LogP contribution in [-0.2, 0) is 16.0 Å². The van der Waals surface area contributed by atoms with Gasteiger partial charge in [-0.15, -0.1) is 0 Å². The lowest BCUT2D eigenvalue weighted by Gasteiger charge is -2.26. The molecule has 1 fully saturated rings. The Morgan fingerprint density at radius 1 is 1.03 bits per heavy atom. The first-order valence-electron chi connectivity index (χ1n) is 11.0. The molecule has 0 aromatic heterocycles. The molecule has 0 saturated carbocycles. The van der Waals surface area contributed by atoms with Crippen LogP contribution < -0.4 is 19.1 Å². The van der Waals surface area contributed by atoms with Crippen molar-refractivity contribution < 1.29 is 28.9 Å². The van der Waals surface area contributed by atoms with Crippen molar-refractivity contribution in [2.24, 2.45) is 0 Å². The van der Waals surface area contributed by atoms with E-state index in [-0.39, 0.29) is 18.1 Å². The fraction of sp³-hybridized carbons (Fsp3) is 0.185. The van der Waals surface area contributed by atoms with Gasteiger partial charge in [0.15, 0.2) is 11.5 Å². The maximum absolute atomic E-state index is 13.3. The van der Waals surface area contributed by atoms with E-state index in [2.05, 4.69) is 0 Å². The largest absolute Gasteiger partial charge is 0.507 e. The number of aliphatic hydroxyl groups excluding tert-OH is 1. The maximum atomic E-state index is 13.3. The van der Waals surface area contributed by atoms with Gasteiger partial charge in [0.25, 0.3) is 11.7 Å². The average molecular weight is 457 g/mol. The van der Waals surface area contributed by atoms with Gasteiger partial charge < -0.3 is 19.3 Å². The lowest BCUT2D eigenvalue weighted by atomic mass is 9.94. The van der Waals surface area contributed by atoms with E-state index in [9.17, 15) is 14.7 Å². The zero-order chi connectivity index (χ0) is 23.8. The number of benzene rings is 3. The van der Waals surface area contributed by atoms with E-state index in [1.54, 1.807) is 36.4 Å².